The van der Waals surface area contributed by atoms with Crippen molar-refractivity contribution in [2.75, 3.05) is 0 Å². The van der Waals surface area contributed by atoms with Gasteiger partial charge < -0.3 is 5.73 Å². The minimum Gasteiger partial charge on any atom is -0.370 e. The van der Waals surface area contributed by atoms with Crippen LogP contribution >= 0.6 is 12.4 Å². The predicted octanol–water partition coefficient (Wildman–Crippen LogP) is 1.08. The van der Waals surface area contributed by atoms with Gasteiger partial charge in [0.1, 0.15) is 0 Å². The molecule has 3 heteroatoms. The highest BCUT2D eigenvalue weighted by Gasteiger charge is 2.20. The van der Waals surface area contributed by atoms with Gasteiger partial charge in [-0.2, -0.15) is 0 Å². The Balaban J connectivity index is 0.000000640. The molecule has 1 amide bonds. The Labute approximate surface area is 61.2 Å². The quantitative estimate of drug-likeness (QED) is 0.641. The zero-order chi connectivity index (χ0) is 5.98. The first-order valence-electron chi connectivity index (χ1n) is 3.07. The van der Waals surface area contributed by atoms with E-state index in [4.69, 9.17) is 5.73 Å². The van der Waals surface area contributed by atoms with Gasteiger partial charge in [-0.3, -0.25) is 4.79 Å². The van der Waals surface area contributed by atoms with E-state index >= 15 is 0 Å². The zero-order valence-electron chi connectivity index (χ0n) is 5.30. The molecule has 0 radical (unpaired) electrons. The molecule has 2 nitrogen and oxygen atoms in total. The first kappa shape index (κ1) is 8.76. The van der Waals surface area contributed by atoms with Crippen molar-refractivity contribution >= 4 is 18.3 Å². The first-order valence-corrected chi connectivity index (χ1v) is 3.07. The van der Waals surface area contributed by atoms with Crippen LogP contribution in [0.5, 0.6) is 0 Å². The van der Waals surface area contributed by atoms with E-state index in [1.807, 2.05) is 0 Å². The molecular weight excluding hydrogens is 138 g/mol. The normalized spacial score (nSPS) is 16.4. The smallest absolute Gasteiger partial charge is 0.217 e. The summed E-state index contributed by atoms with van der Waals surface area (Å²) in [6, 6.07) is 0. The van der Waals surface area contributed by atoms with Crippen LogP contribution in [0.15, 0.2) is 0 Å². The van der Waals surface area contributed by atoms with E-state index in [1.165, 1.54) is 12.8 Å². The van der Waals surface area contributed by atoms with Crippen LogP contribution in [-0.4, -0.2) is 5.91 Å². The van der Waals surface area contributed by atoms with Gasteiger partial charge >= 0.3 is 0 Å². The van der Waals surface area contributed by atoms with Gasteiger partial charge in [-0.05, 0) is 12.3 Å². The molecule has 1 aliphatic rings. The number of nitrogens with two attached hydrogens (primary N) is 1. The zero-order valence-corrected chi connectivity index (χ0v) is 6.12. The van der Waals surface area contributed by atoms with Crippen molar-refractivity contribution in [3.05, 3.63) is 0 Å². The molecule has 0 heterocycles. The summed E-state index contributed by atoms with van der Waals surface area (Å²) < 4.78 is 0. The molecule has 1 saturated carbocycles. The average molecular weight is 150 g/mol. The topological polar surface area (TPSA) is 43.1 Å². The monoisotopic (exact) mass is 149 g/mol. The predicted molar refractivity (Wildman–Crippen MR) is 38.4 cm³/mol. The molecule has 0 bridgehead atoms. The van der Waals surface area contributed by atoms with Crippen molar-refractivity contribution in [1.29, 1.82) is 0 Å². The summed E-state index contributed by atoms with van der Waals surface area (Å²) in [5, 5.41) is 0. The molecule has 2 N–H and O–H groups in total. The Morgan fingerprint density at radius 3 is 2.44 bits per heavy atom. The van der Waals surface area contributed by atoms with E-state index < -0.39 is 0 Å². The van der Waals surface area contributed by atoms with Gasteiger partial charge in [0.05, 0.1) is 0 Å². The van der Waals surface area contributed by atoms with Crippen LogP contribution in [-0.2, 0) is 4.79 Å². The summed E-state index contributed by atoms with van der Waals surface area (Å²) in [4.78, 5) is 10.2. The molecule has 54 valence electrons. The largest absolute Gasteiger partial charge is 0.370 e. The number of hydrogen-bond donors (Lipinski definition) is 1. The van der Waals surface area contributed by atoms with Crippen molar-refractivity contribution in [3.8, 4) is 0 Å². The molecule has 0 aromatic carbocycles. The molecule has 1 rings (SSSR count). The Kier molecular flexibility index (Phi) is 3.62. The molecule has 9 heavy (non-hydrogen) atoms. The number of carbonyl (C=O) groups excluding carboxylic acids is 1. The van der Waals surface area contributed by atoms with E-state index in [2.05, 4.69) is 0 Å². The standard InChI is InChI=1S/C6H11NO.ClH/c7-6(8)4-3-5-1-2-5;/h5H,1-4H2,(H2,7,8);1H. The van der Waals surface area contributed by atoms with Gasteiger partial charge in [0.25, 0.3) is 0 Å². The van der Waals surface area contributed by atoms with E-state index in [-0.39, 0.29) is 18.3 Å². The average Bonchev–Trinajstić information content (AvgIpc) is 2.41. The summed E-state index contributed by atoms with van der Waals surface area (Å²) in [5.41, 5.74) is 4.93. The summed E-state index contributed by atoms with van der Waals surface area (Å²) >= 11 is 0. The lowest BCUT2D eigenvalue weighted by molar-refractivity contribution is -0.118. The van der Waals surface area contributed by atoms with E-state index in [9.17, 15) is 4.79 Å². The number of hydrogen-bond acceptors (Lipinski definition) is 1. The van der Waals surface area contributed by atoms with E-state index in [1.54, 1.807) is 0 Å². The maximum atomic E-state index is 10.2. The van der Waals surface area contributed by atoms with Crippen LogP contribution in [0.4, 0.5) is 0 Å². The van der Waals surface area contributed by atoms with Gasteiger partial charge in [-0.25, -0.2) is 0 Å². The van der Waals surface area contributed by atoms with Crippen LogP contribution in [0.2, 0.25) is 0 Å². The van der Waals surface area contributed by atoms with Gasteiger partial charge in [0.15, 0.2) is 0 Å². The second kappa shape index (κ2) is 3.72. The van der Waals surface area contributed by atoms with Crippen molar-refractivity contribution in [1.82, 2.24) is 0 Å². The Morgan fingerprint density at radius 2 is 2.11 bits per heavy atom. The third-order valence-corrected chi connectivity index (χ3v) is 1.50. The van der Waals surface area contributed by atoms with Crippen LogP contribution < -0.4 is 5.73 Å². The van der Waals surface area contributed by atoms with Crippen molar-refractivity contribution < 1.29 is 4.79 Å². The number of halogens is 1. The fraction of sp³-hybridized carbons (Fsp3) is 0.833. The maximum Gasteiger partial charge on any atom is 0.217 e. The molecule has 0 unspecified atom stereocenters. The van der Waals surface area contributed by atoms with Crippen molar-refractivity contribution in [2.45, 2.75) is 25.7 Å². The number of primary amides is 1. The molecule has 0 aromatic heterocycles. The lowest BCUT2D eigenvalue weighted by Crippen LogP contribution is -2.09. The second-order valence-electron chi connectivity index (χ2n) is 2.45. The number of amides is 1. The van der Waals surface area contributed by atoms with E-state index in [0.717, 1.165) is 12.3 Å². The van der Waals surface area contributed by atoms with E-state index in [0.29, 0.717) is 6.42 Å². The minimum absolute atomic E-state index is 0. The highest BCUT2D eigenvalue weighted by molar-refractivity contribution is 5.85. The maximum absolute atomic E-state index is 10.2. The SMILES string of the molecule is Cl.NC(=O)CCC1CC1. The van der Waals surface area contributed by atoms with Gasteiger partial charge in [-0.1, -0.05) is 12.8 Å². The van der Waals surface area contributed by atoms with Crippen molar-refractivity contribution in [2.24, 2.45) is 11.7 Å². The first-order chi connectivity index (χ1) is 3.79. The van der Waals surface area contributed by atoms with Crippen molar-refractivity contribution in [3.63, 3.8) is 0 Å². The second-order valence-corrected chi connectivity index (χ2v) is 2.45. The highest BCUT2D eigenvalue weighted by Crippen LogP contribution is 2.33. The molecule has 0 atom stereocenters. The summed E-state index contributed by atoms with van der Waals surface area (Å²) in [6.07, 6.45) is 4.24. The molecular formula is C6H12ClNO. The van der Waals surface area contributed by atoms with Crippen LogP contribution in [0, 0.1) is 5.92 Å². The molecule has 0 aromatic rings. The highest BCUT2D eigenvalue weighted by atomic mass is 35.5. The fourth-order valence-electron chi connectivity index (χ4n) is 0.753. The molecule has 0 spiro atoms. The lowest BCUT2D eigenvalue weighted by atomic mass is 10.2. The molecule has 1 fully saturated rings. The number of carbonyl (C=O) groups is 1. The number of rotatable bonds is 3. The van der Waals surface area contributed by atoms with Gasteiger partial charge in [-0.15, -0.1) is 12.4 Å². The summed E-state index contributed by atoms with van der Waals surface area (Å²) in [5.74, 6) is 0.680. The Hall–Kier alpha value is -0.240. The van der Waals surface area contributed by atoms with Crippen LogP contribution in [0.25, 0.3) is 0 Å². The fourth-order valence-corrected chi connectivity index (χ4v) is 0.753. The third kappa shape index (κ3) is 4.28. The Morgan fingerprint density at radius 1 is 1.56 bits per heavy atom. The molecule has 0 saturated heterocycles. The van der Waals surface area contributed by atoms with Crippen LogP contribution in [0.1, 0.15) is 25.7 Å². The lowest BCUT2D eigenvalue weighted by Gasteiger charge is -1.89. The summed E-state index contributed by atoms with van der Waals surface area (Å²) in [6.45, 7) is 0. The van der Waals surface area contributed by atoms with Gasteiger partial charge in [0, 0.05) is 6.42 Å². The van der Waals surface area contributed by atoms with Gasteiger partial charge in [0.2, 0.25) is 5.91 Å². The Bertz CT molecular complexity index is 101. The van der Waals surface area contributed by atoms with Crippen LogP contribution in [0.3, 0.4) is 0 Å². The summed E-state index contributed by atoms with van der Waals surface area (Å²) in [7, 11) is 0. The molecule has 1 aliphatic carbocycles. The molecule has 0 aliphatic heterocycles. The third-order valence-electron chi connectivity index (χ3n) is 1.50. The minimum atomic E-state index is -0.156.